The van der Waals surface area contributed by atoms with Gasteiger partial charge in [0.25, 0.3) is 5.69 Å². The summed E-state index contributed by atoms with van der Waals surface area (Å²) in [6.45, 7) is 0.606. The molecular formula is C20H15N7O5S. The van der Waals surface area contributed by atoms with E-state index in [2.05, 4.69) is 15.5 Å². The van der Waals surface area contributed by atoms with E-state index >= 15 is 0 Å². The average Bonchev–Trinajstić information content (AvgIpc) is 3.26. The Balaban J connectivity index is 1.90. The Kier molecular flexibility index (Phi) is 7.11. The monoisotopic (exact) mass is 465 g/mol. The third-order valence-corrected chi connectivity index (χ3v) is 5.17. The number of aromatic nitrogens is 4. The number of carbonyl (C=O) groups is 2. The van der Waals surface area contributed by atoms with Crippen LogP contribution in [0.1, 0.15) is 17.3 Å². The van der Waals surface area contributed by atoms with Gasteiger partial charge in [-0.05, 0) is 47.3 Å². The zero-order valence-electron chi connectivity index (χ0n) is 17.0. The molecule has 0 amide bonds. The summed E-state index contributed by atoms with van der Waals surface area (Å²) in [7, 11) is 0. The number of nitro benzene ring substituents is 1. The van der Waals surface area contributed by atoms with E-state index in [0.29, 0.717) is 5.69 Å². The van der Waals surface area contributed by atoms with Gasteiger partial charge in [0, 0.05) is 22.7 Å². The quantitative estimate of drug-likeness (QED) is 0.169. The van der Waals surface area contributed by atoms with Crippen LogP contribution >= 0.6 is 11.8 Å². The first-order valence-corrected chi connectivity index (χ1v) is 10.00. The Morgan fingerprint density at radius 2 is 2.00 bits per heavy atom. The fraction of sp³-hybridized carbons (Fsp3) is 0.100. The second-order valence-corrected chi connectivity index (χ2v) is 7.43. The summed E-state index contributed by atoms with van der Waals surface area (Å²) < 4.78 is 6.44. The number of ether oxygens (including phenoxy) is 1. The first-order chi connectivity index (χ1) is 15.8. The zero-order chi connectivity index (χ0) is 24.0. The van der Waals surface area contributed by atoms with Crippen LogP contribution in [0.2, 0.25) is 0 Å². The molecule has 0 radical (unpaired) electrons. The molecule has 0 saturated carbocycles. The topological polar surface area (TPSA) is 180 Å². The molecule has 0 spiro atoms. The van der Waals surface area contributed by atoms with Crippen LogP contribution in [-0.4, -0.2) is 43.5 Å². The molecule has 0 fully saturated rings. The predicted molar refractivity (Wildman–Crippen MR) is 114 cm³/mol. The molecule has 0 aliphatic carbocycles. The van der Waals surface area contributed by atoms with Crippen molar-refractivity contribution < 1.29 is 19.2 Å². The highest BCUT2D eigenvalue weighted by Crippen LogP contribution is 2.32. The van der Waals surface area contributed by atoms with Crippen LogP contribution < -0.4 is 5.73 Å². The standard InChI is InChI=1S/C20H15N7O5S/c1-12(22)16(10-21)17(28)11-32-19(29)15-9-14(27(30)31)7-8-18(15)33-20-23-24-25-26(20)13-5-3-2-4-6-13/h2-9H,11,22H2,1H3/b16-12+. The van der Waals surface area contributed by atoms with Crippen molar-refractivity contribution >= 4 is 29.2 Å². The SMILES string of the molecule is C/C(N)=C(/C#N)C(=O)COC(=O)c1cc([N+](=O)[O-])ccc1Sc1nnnn1-c1ccccc1. The number of esters is 1. The van der Waals surface area contributed by atoms with Gasteiger partial charge in [0.05, 0.1) is 16.2 Å². The summed E-state index contributed by atoms with van der Waals surface area (Å²) >= 11 is 0.978. The number of hydrogen-bond donors (Lipinski definition) is 1. The number of ketones is 1. The Morgan fingerprint density at radius 3 is 2.64 bits per heavy atom. The van der Waals surface area contributed by atoms with Crippen molar-refractivity contribution in [3.05, 3.63) is 75.5 Å². The van der Waals surface area contributed by atoms with Crippen molar-refractivity contribution in [1.29, 1.82) is 5.26 Å². The second-order valence-electron chi connectivity index (χ2n) is 6.42. The van der Waals surface area contributed by atoms with Gasteiger partial charge in [0.15, 0.2) is 6.61 Å². The molecule has 12 nitrogen and oxygen atoms in total. The van der Waals surface area contributed by atoms with Gasteiger partial charge in [-0.2, -0.15) is 9.94 Å². The minimum atomic E-state index is -1.000. The number of nitrogens with zero attached hydrogens (tertiary/aromatic N) is 6. The minimum absolute atomic E-state index is 0.0158. The van der Waals surface area contributed by atoms with Crippen LogP contribution in [0, 0.1) is 21.4 Å². The highest BCUT2D eigenvalue weighted by atomic mass is 32.2. The number of nitrogens with two attached hydrogens (primary N) is 1. The molecule has 0 saturated heterocycles. The molecule has 1 aromatic heterocycles. The number of nitriles is 1. The summed E-state index contributed by atoms with van der Waals surface area (Å²) in [6.07, 6.45) is 0. The van der Waals surface area contributed by atoms with Crippen LogP contribution in [0.5, 0.6) is 0 Å². The van der Waals surface area contributed by atoms with E-state index in [9.17, 15) is 19.7 Å². The van der Waals surface area contributed by atoms with Crippen LogP contribution in [0.25, 0.3) is 5.69 Å². The van der Waals surface area contributed by atoms with E-state index < -0.39 is 23.3 Å². The lowest BCUT2D eigenvalue weighted by atomic mass is 10.1. The van der Waals surface area contributed by atoms with Crippen molar-refractivity contribution in [2.45, 2.75) is 17.0 Å². The van der Waals surface area contributed by atoms with Gasteiger partial charge < -0.3 is 10.5 Å². The molecule has 0 bridgehead atoms. The first kappa shape index (κ1) is 23.1. The molecule has 2 N–H and O–H groups in total. The molecule has 3 aromatic rings. The average molecular weight is 465 g/mol. The van der Waals surface area contributed by atoms with Crippen LogP contribution in [0.3, 0.4) is 0 Å². The third kappa shape index (κ3) is 5.38. The number of non-ortho nitro benzene ring substituents is 1. The number of Topliss-reactive ketones (excluding diaryl/α,β-unsaturated/α-hetero) is 1. The van der Waals surface area contributed by atoms with Gasteiger partial charge >= 0.3 is 5.97 Å². The van der Waals surface area contributed by atoms with Gasteiger partial charge in [-0.3, -0.25) is 14.9 Å². The highest BCUT2D eigenvalue weighted by Gasteiger charge is 2.23. The first-order valence-electron chi connectivity index (χ1n) is 9.18. The Bertz CT molecular complexity index is 1290. The van der Waals surface area contributed by atoms with Gasteiger partial charge in [-0.15, -0.1) is 5.10 Å². The van der Waals surface area contributed by atoms with Gasteiger partial charge in [-0.1, -0.05) is 18.2 Å². The van der Waals surface area contributed by atoms with Gasteiger partial charge in [-0.25, -0.2) is 4.79 Å². The highest BCUT2D eigenvalue weighted by molar-refractivity contribution is 7.99. The molecule has 1 heterocycles. The maximum absolute atomic E-state index is 12.7. The Hall–Kier alpha value is -4.57. The van der Waals surface area contributed by atoms with Gasteiger partial charge in [0.1, 0.15) is 11.6 Å². The number of carbonyl (C=O) groups excluding carboxylic acids is 2. The molecule has 33 heavy (non-hydrogen) atoms. The third-order valence-electron chi connectivity index (χ3n) is 4.16. The summed E-state index contributed by atoms with van der Waals surface area (Å²) in [5.41, 5.74) is 5.27. The molecule has 0 unspecified atom stereocenters. The maximum atomic E-state index is 12.7. The molecular weight excluding hydrogens is 450 g/mol. The zero-order valence-corrected chi connectivity index (χ0v) is 17.9. The van der Waals surface area contributed by atoms with Crippen LogP contribution in [0.15, 0.2) is 69.9 Å². The number of hydrogen-bond acceptors (Lipinski definition) is 11. The van der Waals surface area contributed by atoms with E-state index in [1.54, 1.807) is 30.3 Å². The molecule has 166 valence electrons. The number of nitro groups is 1. The van der Waals surface area contributed by atoms with E-state index in [1.807, 2.05) is 6.07 Å². The summed E-state index contributed by atoms with van der Waals surface area (Å²) in [5.74, 6) is -1.79. The molecule has 2 aromatic carbocycles. The molecule has 0 atom stereocenters. The number of allylic oxidation sites excluding steroid dienone is 1. The lowest BCUT2D eigenvalue weighted by molar-refractivity contribution is -0.384. The van der Waals surface area contributed by atoms with Crippen molar-refractivity contribution in [1.82, 2.24) is 20.2 Å². The van der Waals surface area contributed by atoms with E-state index in [-0.39, 0.29) is 32.6 Å². The predicted octanol–water partition coefficient (Wildman–Crippen LogP) is 2.20. The summed E-state index contributed by atoms with van der Waals surface area (Å²) in [4.78, 5) is 35.6. The molecule has 0 aliphatic heterocycles. The minimum Gasteiger partial charge on any atom is -0.454 e. The smallest absolute Gasteiger partial charge is 0.339 e. The molecule has 13 heteroatoms. The molecule has 0 aliphatic rings. The van der Waals surface area contributed by atoms with Crippen molar-refractivity contribution in [3.8, 4) is 11.8 Å². The van der Waals surface area contributed by atoms with Crippen molar-refractivity contribution in [3.63, 3.8) is 0 Å². The largest absolute Gasteiger partial charge is 0.454 e. The number of rotatable bonds is 8. The molecule has 3 rings (SSSR count). The normalized spacial score (nSPS) is 11.3. The van der Waals surface area contributed by atoms with E-state index in [4.69, 9.17) is 15.7 Å². The van der Waals surface area contributed by atoms with E-state index in [1.165, 1.54) is 23.7 Å². The fourth-order valence-electron chi connectivity index (χ4n) is 2.60. The maximum Gasteiger partial charge on any atom is 0.339 e. The van der Waals surface area contributed by atoms with Gasteiger partial charge in [0.2, 0.25) is 10.9 Å². The van der Waals surface area contributed by atoms with E-state index in [0.717, 1.165) is 17.8 Å². The lowest BCUT2D eigenvalue weighted by Gasteiger charge is -2.09. The summed E-state index contributed by atoms with van der Waals surface area (Å²) in [6, 6.07) is 14.2. The Labute approximate surface area is 190 Å². The summed E-state index contributed by atoms with van der Waals surface area (Å²) in [5, 5.41) is 32.0. The number of tetrazole rings is 1. The van der Waals surface area contributed by atoms with Crippen molar-refractivity contribution in [2.24, 2.45) is 5.73 Å². The second kappa shape index (κ2) is 10.2. The van der Waals surface area contributed by atoms with Crippen molar-refractivity contribution in [2.75, 3.05) is 6.61 Å². The lowest BCUT2D eigenvalue weighted by Crippen LogP contribution is -2.18. The fourth-order valence-corrected chi connectivity index (χ4v) is 3.49. The number of para-hydroxylation sites is 1. The van der Waals surface area contributed by atoms with Crippen LogP contribution in [0.4, 0.5) is 5.69 Å². The number of benzene rings is 2. The Morgan fingerprint density at radius 1 is 1.27 bits per heavy atom. The van der Waals surface area contributed by atoms with Crippen LogP contribution in [-0.2, 0) is 9.53 Å².